The van der Waals surface area contributed by atoms with Crippen LogP contribution in [0.5, 0.6) is 11.5 Å². The summed E-state index contributed by atoms with van der Waals surface area (Å²) in [5.41, 5.74) is -4.90. The van der Waals surface area contributed by atoms with Gasteiger partial charge in [-0.15, -0.1) is 0 Å². The number of nitrogens with zero attached hydrogens (tertiary/aromatic N) is 2. The van der Waals surface area contributed by atoms with Crippen molar-refractivity contribution >= 4 is 35.0 Å². The number of hydrogen-bond donors (Lipinski definition) is 1. The highest BCUT2D eigenvalue weighted by atomic mass is 19.4. The number of methoxy groups -OCH3 is 1. The van der Waals surface area contributed by atoms with Crippen LogP contribution in [0.3, 0.4) is 0 Å². The molecule has 2 aliphatic heterocycles. The number of amides is 4. The Kier molecular flexibility index (Phi) is 7.47. The number of phenolic OH excluding ortho intramolecular Hbond substituents is 1. The second-order valence-corrected chi connectivity index (χ2v) is 13.2. The second kappa shape index (κ2) is 11.2. The molecule has 260 valence electrons. The van der Waals surface area contributed by atoms with Crippen molar-refractivity contribution in [2.24, 2.45) is 29.1 Å². The van der Waals surface area contributed by atoms with Gasteiger partial charge < -0.3 is 9.84 Å². The maximum absolute atomic E-state index is 14.5. The molecule has 0 spiro atoms. The number of aromatic hydroxyl groups is 1. The fraction of sp³-hybridized carbons (Fsp3) is 0.333. The van der Waals surface area contributed by atoms with Crippen LogP contribution in [-0.4, -0.2) is 35.8 Å². The lowest BCUT2D eigenvalue weighted by Gasteiger charge is -2.49. The van der Waals surface area contributed by atoms with Gasteiger partial charge in [-0.25, -0.2) is 9.80 Å². The van der Waals surface area contributed by atoms with Gasteiger partial charge >= 0.3 is 12.4 Å². The first-order chi connectivity index (χ1) is 23.5. The van der Waals surface area contributed by atoms with Crippen molar-refractivity contribution in [1.82, 2.24) is 0 Å². The number of hydrogen-bond acceptors (Lipinski definition) is 6. The number of para-hydroxylation sites is 1. The zero-order valence-corrected chi connectivity index (χ0v) is 26.4. The standard InChI is InChI=1S/C36H28F6N2O6/c1-34-24(31(47)44(33(34)49)19-7-4-3-5-8-19)16-23-21(29(34)28-25(45)9-6-10-26(28)50-2)11-12-22-27(23)32(48)43(30(22)46)20-14-17(35(37,38)39)13-18(15-20)36(40,41)42/h3-11,13-15,22-24,27,29,45H,12,16H2,1-2H3. The maximum atomic E-state index is 14.5. The molecule has 1 saturated carbocycles. The van der Waals surface area contributed by atoms with Crippen molar-refractivity contribution in [3.05, 3.63) is 95.1 Å². The molecule has 14 heteroatoms. The molecule has 2 aliphatic carbocycles. The third-order valence-corrected chi connectivity index (χ3v) is 10.7. The molecule has 1 N–H and O–H groups in total. The van der Waals surface area contributed by atoms with Gasteiger partial charge in [0.25, 0.3) is 0 Å². The molecule has 6 atom stereocenters. The lowest BCUT2D eigenvalue weighted by molar-refractivity contribution is -0.143. The van der Waals surface area contributed by atoms with Gasteiger partial charge in [-0.1, -0.05) is 35.9 Å². The van der Waals surface area contributed by atoms with Crippen LogP contribution in [0.1, 0.15) is 42.4 Å². The Morgan fingerprint density at radius 2 is 1.42 bits per heavy atom. The summed E-state index contributed by atoms with van der Waals surface area (Å²) in [6.07, 6.45) is -9.08. The molecule has 50 heavy (non-hydrogen) atoms. The average Bonchev–Trinajstić information content (AvgIpc) is 3.43. The molecule has 4 aliphatic rings. The largest absolute Gasteiger partial charge is 0.508 e. The van der Waals surface area contributed by atoms with Gasteiger partial charge in [-0.05, 0) is 68.1 Å². The van der Waals surface area contributed by atoms with E-state index in [1.807, 2.05) is 0 Å². The van der Waals surface area contributed by atoms with Crippen molar-refractivity contribution in [3.8, 4) is 11.5 Å². The third kappa shape index (κ3) is 4.74. The molecule has 0 aromatic heterocycles. The minimum Gasteiger partial charge on any atom is -0.508 e. The van der Waals surface area contributed by atoms with E-state index in [0.717, 1.165) is 4.90 Å². The van der Waals surface area contributed by atoms with Crippen LogP contribution in [-0.2, 0) is 31.5 Å². The summed E-state index contributed by atoms with van der Waals surface area (Å²) < 4.78 is 88.1. The molecular weight excluding hydrogens is 670 g/mol. The number of ether oxygens (including phenoxy) is 1. The molecular formula is C36H28F6N2O6. The summed E-state index contributed by atoms with van der Waals surface area (Å²) in [6.45, 7) is 1.59. The van der Waals surface area contributed by atoms with Crippen molar-refractivity contribution < 1.29 is 55.4 Å². The quantitative estimate of drug-likeness (QED) is 0.181. The molecule has 8 nitrogen and oxygen atoms in total. The van der Waals surface area contributed by atoms with Crippen molar-refractivity contribution in [2.45, 2.75) is 38.0 Å². The van der Waals surface area contributed by atoms with Gasteiger partial charge in [0.15, 0.2) is 0 Å². The van der Waals surface area contributed by atoms with Crippen LogP contribution in [0.25, 0.3) is 0 Å². The number of rotatable bonds is 4. The Labute approximate surface area is 280 Å². The first-order valence-corrected chi connectivity index (χ1v) is 15.7. The number of carbonyl (C=O) groups is 4. The van der Waals surface area contributed by atoms with Gasteiger partial charge in [0.1, 0.15) is 11.5 Å². The highest BCUT2D eigenvalue weighted by molar-refractivity contribution is 6.25. The lowest BCUT2D eigenvalue weighted by Crippen LogP contribution is -2.49. The van der Waals surface area contributed by atoms with Crippen molar-refractivity contribution in [2.75, 3.05) is 16.9 Å². The Bertz CT molecular complexity index is 1960. The van der Waals surface area contributed by atoms with Gasteiger partial charge in [-0.2, -0.15) is 26.3 Å². The number of fused-ring (bicyclic) bond motifs is 4. The molecule has 3 aromatic rings. The van der Waals surface area contributed by atoms with Crippen LogP contribution in [0, 0.1) is 29.1 Å². The predicted octanol–water partition coefficient (Wildman–Crippen LogP) is 6.87. The number of allylic oxidation sites excluding steroid dienone is 2. The maximum Gasteiger partial charge on any atom is 0.416 e. The zero-order valence-electron chi connectivity index (χ0n) is 26.4. The average molecular weight is 699 g/mol. The molecule has 3 fully saturated rings. The second-order valence-electron chi connectivity index (χ2n) is 13.2. The van der Waals surface area contributed by atoms with E-state index in [-0.39, 0.29) is 36.0 Å². The monoisotopic (exact) mass is 698 g/mol. The minimum absolute atomic E-state index is 0.0886. The van der Waals surface area contributed by atoms with E-state index < -0.39 is 87.8 Å². The summed E-state index contributed by atoms with van der Waals surface area (Å²) >= 11 is 0. The topological polar surface area (TPSA) is 104 Å². The van der Waals surface area contributed by atoms with Crippen molar-refractivity contribution in [1.29, 1.82) is 0 Å². The normalized spacial score (nSPS) is 28.0. The number of alkyl halides is 6. The molecule has 7 rings (SSSR count). The van der Waals surface area contributed by atoms with Crippen molar-refractivity contribution in [3.63, 3.8) is 0 Å². The molecule has 2 saturated heterocycles. The molecule has 2 heterocycles. The summed E-state index contributed by atoms with van der Waals surface area (Å²) in [6, 6.07) is 13.2. The minimum atomic E-state index is -5.22. The van der Waals surface area contributed by atoms with Crippen LogP contribution >= 0.6 is 0 Å². The van der Waals surface area contributed by atoms with E-state index in [1.165, 1.54) is 19.2 Å². The highest BCUT2D eigenvalue weighted by Crippen LogP contribution is 2.65. The van der Waals surface area contributed by atoms with E-state index in [2.05, 4.69) is 0 Å². The third-order valence-electron chi connectivity index (χ3n) is 10.7. The van der Waals surface area contributed by atoms with Gasteiger partial charge in [0, 0.05) is 11.5 Å². The first-order valence-electron chi connectivity index (χ1n) is 15.7. The predicted molar refractivity (Wildman–Crippen MR) is 165 cm³/mol. The Morgan fingerprint density at radius 3 is 2.02 bits per heavy atom. The molecule has 0 radical (unpaired) electrons. The van der Waals surface area contributed by atoms with Gasteiger partial charge in [0.2, 0.25) is 23.6 Å². The van der Waals surface area contributed by atoms with Crippen LogP contribution in [0.15, 0.2) is 78.4 Å². The Hall–Kier alpha value is -5.14. The smallest absolute Gasteiger partial charge is 0.416 e. The zero-order chi connectivity index (χ0) is 36.1. The van der Waals surface area contributed by atoms with E-state index in [1.54, 1.807) is 49.4 Å². The number of carbonyl (C=O) groups excluding carboxylic acids is 4. The summed E-state index contributed by atoms with van der Waals surface area (Å²) in [4.78, 5) is 58.2. The number of anilines is 2. The highest BCUT2D eigenvalue weighted by Gasteiger charge is 2.68. The summed E-state index contributed by atoms with van der Waals surface area (Å²) in [5, 5.41) is 11.3. The number of halogens is 6. The van der Waals surface area contributed by atoms with E-state index in [4.69, 9.17) is 4.74 Å². The fourth-order valence-electron chi connectivity index (χ4n) is 8.47. The van der Waals surface area contributed by atoms with Gasteiger partial charge in [0.05, 0.1) is 52.8 Å². The fourth-order valence-corrected chi connectivity index (χ4v) is 8.47. The first kappa shape index (κ1) is 33.4. The SMILES string of the molecule is COc1cccc(O)c1C1C2=CCC3C(=O)N(c4cc(C(F)(F)F)cc(C(F)(F)F)c4)C(=O)C3C2CC2C(=O)N(c3ccccc3)C(=O)C21C. The molecule has 6 unspecified atom stereocenters. The summed E-state index contributed by atoms with van der Waals surface area (Å²) in [7, 11) is 1.35. The van der Waals surface area contributed by atoms with Crippen LogP contribution in [0.4, 0.5) is 37.7 Å². The van der Waals surface area contributed by atoms with Crippen LogP contribution in [0.2, 0.25) is 0 Å². The summed E-state index contributed by atoms with van der Waals surface area (Å²) in [5.74, 6) is -8.85. The van der Waals surface area contributed by atoms with E-state index >= 15 is 0 Å². The number of benzene rings is 3. The molecule has 4 amide bonds. The lowest BCUT2D eigenvalue weighted by atomic mass is 9.51. The number of phenols is 1. The Balaban J connectivity index is 1.38. The molecule has 3 aromatic carbocycles. The van der Waals surface area contributed by atoms with Crippen LogP contribution < -0.4 is 14.5 Å². The van der Waals surface area contributed by atoms with E-state index in [9.17, 15) is 50.6 Å². The molecule has 0 bridgehead atoms. The number of imide groups is 2. The van der Waals surface area contributed by atoms with Gasteiger partial charge in [-0.3, -0.25) is 19.2 Å². The van der Waals surface area contributed by atoms with E-state index in [0.29, 0.717) is 28.3 Å². The Morgan fingerprint density at radius 1 is 0.780 bits per heavy atom.